The van der Waals surface area contributed by atoms with Crippen molar-refractivity contribution >= 4 is 5.91 Å². The molecule has 1 atom stereocenters. The van der Waals surface area contributed by atoms with Gasteiger partial charge in [-0.15, -0.1) is 0 Å². The zero-order chi connectivity index (χ0) is 17.6. The molecule has 0 radical (unpaired) electrons. The summed E-state index contributed by atoms with van der Waals surface area (Å²) in [4.78, 5) is 21.0. The lowest BCUT2D eigenvalue weighted by molar-refractivity contribution is -0.0782. The molecule has 2 aliphatic rings. The van der Waals surface area contributed by atoms with Gasteiger partial charge in [0.2, 0.25) is 0 Å². The molecule has 8 heteroatoms. The van der Waals surface area contributed by atoms with Gasteiger partial charge in [0.05, 0.1) is 12.2 Å². The number of aromatic nitrogens is 2. The molecule has 0 N–H and O–H groups in total. The molecule has 8 nitrogen and oxygen atoms in total. The molecule has 2 saturated heterocycles. The fraction of sp³-hybridized carbons (Fsp3) is 0.588. The number of ether oxygens (including phenoxy) is 1. The quantitative estimate of drug-likeness (QED) is 0.832. The van der Waals surface area contributed by atoms with Gasteiger partial charge in [0, 0.05) is 32.2 Å². The van der Waals surface area contributed by atoms with Gasteiger partial charge in [-0.3, -0.25) is 9.69 Å². The first-order valence-electron chi connectivity index (χ1n) is 8.53. The lowest BCUT2D eigenvalue weighted by Crippen LogP contribution is -2.63. The van der Waals surface area contributed by atoms with E-state index in [9.17, 15) is 4.79 Å². The van der Waals surface area contributed by atoms with Crippen molar-refractivity contribution in [2.45, 2.75) is 32.9 Å². The van der Waals surface area contributed by atoms with Crippen LogP contribution in [-0.2, 0) is 4.74 Å². The van der Waals surface area contributed by atoms with Gasteiger partial charge in [-0.05, 0) is 26.8 Å². The highest BCUT2D eigenvalue weighted by atomic mass is 16.5. The summed E-state index contributed by atoms with van der Waals surface area (Å²) < 4.78 is 16.5. The van der Waals surface area contributed by atoms with Crippen LogP contribution in [-0.4, -0.2) is 64.7 Å². The molecule has 25 heavy (non-hydrogen) atoms. The zero-order valence-corrected chi connectivity index (χ0v) is 14.7. The second-order valence-corrected chi connectivity index (χ2v) is 6.73. The monoisotopic (exact) mass is 346 g/mol. The molecule has 4 rings (SSSR count). The highest BCUT2D eigenvalue weighted by Crippen LogP contribution is 2.26. The van der Waals surface area contributed by atoms with E-state index in [1.807, 2.05) is 24.8 Å². The van der Waals surface area contributed by atoms with Crippen LogP contribution < -0.4 is 0 Å². The summed E-state index contributed by atoms with van der Waals surface area (Å²) in [7, 11) is 0. The minimum atomic E-state index is -0.196. The Balaban J connectivity index is 1.35. The SMILES string of the molecule is Cc1noc(C2CN(C3CN(C(=O)c4cc(C)oc4C)C3)CCO2)n1. The van der Waals surface area contributed by atoms with Crippen LogP contribution >= 0.6 is 0 Å². The third-order valence-electron chi connectivity index (χ3n) is 4.85. The Morgan fingerprint density at radius 2 is 2.04 bits per heavy atom. The molecule has 1 unspecified atom stereocenters. The molecule has 0 aliphatic carbocycles. The fourth-order valence-corrected chi connectivity index (χ4v) is 3.46. The zero-order valence-electron chi connectivity index (χ0n) is 14.7. The molecule has 2 aromatic rings. The second kappa shape index (κ2) is 6.27. The van der Waals surface area contributed by atoms with Gasteiger partial charge in [0.25, 0.3) is 11.8 Å². The summed E-state index contributed by atoms with van der Waals surface area (Å²) in [6, 6.07) is 2.15. The van der Waals surface area contributed by atoms with Crippen molar-refractivity contribution in [2.24, 2.45) is 0 Å². The number of carbonyl (C=O) groups is 1. The molecular weight excluding hydrogens is 324 g/mol. The van der Waals surface area contributed by atoms with E-state index in [1.165, 1.54) is 0 Å². The first-order chi connectivity index (χ1) is 12.0. The molecule has 4 heterocycles. The van der Waals surface area contributed by atoms with Crippen LogP contribution in [0.25, 0.3) is 0 Å². The maximum absolute atomic E-state index is 12.6. The number of morpholine rings is 1. The number of rotatable bonds is 3. The lowest BCUT2D eigenvalue weighted by atomic mass is 10.0. The molecule has 134 valence electrons. The largest absolute Gasteiger partial charge is 0.466 e. The summed E-state index contributed by atoms with van der Waals surface area (Å²) in [5.74, 6) is 2.64. The van der Waals surface area contributed by atoms with Gasteiger partial charge < -0.3 is 18.6 Å². The van der Waals surface area contributed by atoms with Crippen molar-refractivity contribution in [1.82, 2.24) is 19.9 Å². The first kappa shape index (κ1) is 16.3. The molecule has 0 saturated carbocycles. The van der Waals surface area contributed by atoms with Crippen LogP contribution in [0.4, 0.5) is 0 Å². The molecule has 2 aromatic heterocycles. The Kier molecular flexibility index (Phi) is 4.09. The number of furan rings is 1. The number of hydrogen-bond donors (Lipinski definition) is 0. The van der Waals surface area contributed by atoms with Crippen LogP contribution in [0.2, 0.25) is 0 Å². The van der Waals surface area contributed by atoms with Gasteiger partial charge in [-0.1, -0.05) is 5.16 Å². The highest BCUT2D eigenvalue weighted by Gasteiger charge is 2.39. The normalized spacial score (nSPS) is 22.2. The molecule has 2 aliphatic heterocycles. The molecule has 2 fully saturated rings. The molecular formula is C17H22N4O4. The molecule has 0 bridgehead atoms. The molecule has 1 amide bonds. The molecule has 0 spiro atoms. The van der Waals surface area contributed by atoms with Crippen LogP contribution in [0.1, 0.15) is 39.7 Å². The number of amides is 1. The van der Waals surface area contributed by atoms with Crippen molar-refractivity contribution in [3.05, 3.63) is 34.9 Å². The van der Waals surface area contributed by atoms with Crippen LogP contribution in [0.3, 0.4) is 0 Å². The van der Waals surface area contributed by atoms with E-state index in [4.69, 9.17) is 13.7 Å². The van der Waals surface area contributed by atoms with E-state index in [-0.39, 0.29) is 12.0 Å². The number of nitrogens with zero attached hydrogens (tertiary/aromatic N) is 4. The Bertz CT molecular complexity index is 777. The highest BCUT2D eigenvalue weighted by molar-refractivity contribution is 5.95. The third-order valence-corrected chi connectivity index (χ3v) is 4.85. The Hall–Kier alpha value is -2.19. The number of carbonyl (C=O) groups excluding carboxylic acids is 1. The summed E-state index contributed by atoms with van der Waals surface area (Å²) in [6.45, 7) is 9.10. The number of aryl methyl sites for hydroxylation is 3. The van der Waals surface area contributed by atoms with Gasteiger partial charge in [0.15, 0.2) is 5.82 Å². The average Bonchev–Trinajstić information content (AvgIpc) is 3.11. The van der Waals surface area contributed by atoms with E-state index in [2.05, 4.69) is 15.0 Å². The van der Waals surface area contributed by atoms with E-state index < -0.39 is 0 Å². The minimum absolute atomic E-state index is 0.0444. The molecule has 0 aromatic carbocycles. The summed E-state index contributed by atoms with van der Waals surface area (Å²) >= 11 is 0. The number of likely N-dealkylation sites (tertiary alicyclic amines) is 1. The van der Waals surface area contributed by atoms with Crippen molar-refractivity contribution < 1.29 is 18.5 Å². The second-order valence-electron chi connectivity index (χ2n) is 6.73. The van der Waals surface area contributed by atoms with Crippen molar-refractivity contribution in [2.75, 3.05) is 32.8 Å². The third kappa shape index (κ3) is 3.07. The predicted octanol–water partition coefficient (Wildman–Crippen LogP) is 1.49. The number of hydrogen-bond acceptors (Lipinski definition) is 7. The maximum atomic E-state index is 12.6. The van der Waals surface area contributed by atoms with Crippen molar-refractivity contribution in [1.29, 1.82) is 0 Å². The summed E-state index contributed by atoms with van der Waals surface area (Å²) in [5, 5.41) is 3.83. The first-order valence-corrected chi connectivity index (χ1v) is 8.53. The summed E-state index contributed by atoms with van der Waals surface area (Å²) in [5.41, 5.74) is 0.664. The van der Waals surface area contributed by atoms with Crippen molar-refractivity contribution in [3.63, 3.8) is 0 Å². The van der Waals surface area contributed by atoms with Crippen LogP contribution in [0.15, 0.2) is 15.0 Å². The Morgan fingerprint density at radius 3 is 2.68 bits per heavy atom. The van der Waals surface area contributed by atoms with E-state index in [1.54, 1.807) is 6.92 Å². The predicted molar refractivity (Wildman–Crippen MR) is 87.2 cm³/mol. The Morgan fingerprint density at radius 1 is 1.24 bits per heavy atom. The standard InChI is InChI=1S/C17H22N4O4/c1-10-6-14(11(2)24-10)17(22)21-7-13(8-21)20-4-5-23-15(9-20)16-18-12(3)19-25-16/h6,13,15H,4-5,7-9H2,1-3H3. The smallest absolute Gasteiger partial charge is 0.257 e. The lowest BCUT2D eigenvalue weighted by Gasteiger charge is -2.47. The fourth-order valence-electron chi connectivity index (χ4n) is 3.46. The van der Waals surface area contributed by atoms with Crippen LogP contribution in [0.5, 0.6) is 0 Å². The van der Waals surface area contributed by atoms with Crippen LogP contribution in [0, 0.1) is 20.8 Å². The topological polar surface area (TPSA) is 84.8 Å². The van der Waals surface area contributed by atoms with Crippen molar-refractivity contribution in [3.8, 4) is 0 Å². The Labute approximate surface area is 145 Å². The minimum Gasteiger partial charge on any atom is -0.466 e. The van der Waals surface area contributed by atoms with E-state index in [0.717, 1.165) is 25.4 Å². The van der Waals surface area contributed by atoms with Gasteiger partial charge in [0.1, 0.15) is 17.6 Å². The summed E-state index contributed by atoms with van der Waals surface area (Å²) in [6.07, 6.45) is -0.196. The van der Waals surface area contributed by atoms with Gasteiger partial charge in [-0.25, -0.2) is 0 Å². The van der Waals surface area contributed by atoms with E-state index >= 15 is 0 Å². The maximum Gasteiger partial charge on any atom is 0.257 e. The van der Waals surface area contributed by atoms with Gasteiger partial charge in [-0.2, -0.15) is 4.98 Å². The average molecular weight is 346 g/mol. The van der Waals surface area contributed by atoms with E-state index in [0.29, 0.717) is 42.2 Å². The van der Waals surface area contributed by atoms with Gasteiger partial charge >= 0.3 is 0 Å².